The van der Waals surface area contributed by atoms with Gasteiger partial charge in [0.15, 0.2) is 0 Å². The summed E-state index contributed by atoms with van der Waals surface area (Å²) >= 11 is 0. The lowest BCUT2D eigenvalue weighted by atomic mass is 10.0. The van der Waals surface area contributed by atoms with E-state index in [2.05, 4.69) is 29.1 Å². The molecule has 2 aromatic carbocycles. The zero-order valence-electron chi connectivity index (χ0n) is 12.9. The maximum absolute atomic E-state index is 12.4. The summed E-state index contributed by atoms with van der Waals surface area (Å²) in [5.74, 6) is 0. The predicted octanol–water partition coefficient (Wildman–Crippen LogP) is 3.20. The van der Waals surface area contributed by atoms with Crippen molar-refractivity contribution in [2.24, 2.45) is 5.10 Å². The molecule has 0 unspecified atom stereocenters. The van der Waals surface area contributed by atoms with Gasteiger partial charge in [0.1, 0.15) is 6.33 Å². The molecule has 0 saturated carbocycles. The molecular formula is C18H17N3O. The fourth-order valence-corrected chi connectivity index (χ4v) is 2.66. The van der Waals surface area contributed by atoms with Gasteiger partial charge in [-0.3, -0.25) is 4.79 Å². The standard InChI is InChI=1S/C18H17N3O/c1-12-8-13(2)16(14(3)9-12)10-20-21-11-19-17-7-5-4-6-15(17)18(21)22/h4-11H,1-3H3/b20-10+. The van der Waals surface area contributed by atoms with Gasteiger partial charge >= 0.3 is 0 Å². The molecule has 110 valence electrons. The number of fused-ring (bicyclic) bond motifs is 1. The SMILES string of the molecule is Cc1cc(C)c(/C=N/n2cnc3ccccc3c2=O)c(C)c1. The Labute approximate surface area is 128 Å². The summed E-state index contributed by atoms with van der Waals surface area (Å²) < 4.78 is 1.28. The van der Waals surface area contributed by atoms with E-state index in [1.54, 1.807) is 12.3 Å². The first kappa shape index (κ1) is 14.2. The second-order valence-corrected chi connectivity index (χ2v) is 5.47. The Hall–Kier alpha value is -2.75. The van der Waals surface area contributed by atoms with Crippen LogP contribution in [0.15, 0.2) is 52.6 Å². The van der Waals surface area contributed by atoms with Crippen molar-refractivity contribution in [3.63, 3.8) is 0 Å². The highest BCUT2D eigenvalue weighted by Crippen LogP contribution is 2.14. The van der Waals surface area contributed by atoms with Crippen molar-refractivity contribution in [1.82, 2.24) is 9.66 Å². The molecule has 0 saturated heterocycles. The van der Waals surface area contributed by atoms with E-state index in [-0.39, 0.29) is 5.56 Å². The monoisotopic (exact) mass is 291 g/mol. The third kappa shape index (κ3) is 2.55. The summed E-state index contributed by atoms with van der Waals surface area (Å²) in [6.07, 6.45) is 3.18. The smallest absolute Gasteiger partial charge is 0.267 e. The highest BCUT2D eigenvalue weighted by Gasteiger charge is 2.04. The van der Waals surface area contributed by atoms with E-state index in [9.17, 15) is 4.79 Å². The molecule has 4 nitrogen and oxygen atoms in total. The molecule has 0 bridgehead atoms. The van der Waals surface area contributed by atoms with Gasteiger partial charge in [-0.15, -0.1) is 0 Å². The van der Waals surface area contributed by atoms with E-state index in [4.69, 9.17) is 0 Å². The molecule has 3 rings (SSSR count). The summed E-state index contributed by atoms with van der Waals surface area (Å²) in [5.41, 5.74) is 5.05. The van der Waals surface area contributed by atoms with Gasteiger partial charge in [0.25, 0.3) is 5.56 Å². The lowest BCUT2D eigenvalue weighted by Gasteiger charge is -2.07. The van der Waals surface area contributed by atoms with Crippen molar-refractivity contribution >= 4 is 17.1 Å². The number of nitrogens with zero attached hydrogens (tertiary/aromatic N) is 3. The maximum atomic E-state index is 12.4. The minimum Gasteiger partial charge on any atom is -0.267 e. The molecule has 0 aliphatic rings. The van der Waals surface area contributed by atoms with Crippen LogP contribution in [-0.4, -0.2) is 15.9 Å². The molecule has 1 heterocycles. The summed E-state index contributed by atoms with van der Waals surface area (Å²) in [5, 5.41) is 4.86. The number of aryl methyl sites for hydroxylation is 3. The molecule has 0 atom stereocenters. The van der Waals surface area contributed by atoms with Crippen molar-refractivity contribution in [3.8, 4) is 0 Å². The molecule has 0 fully saturated rings. The predicted molar refractivity (Wildman–Crippen MR) is 89.6 cm³/mol. The largest absolute Gasteiger partial charge is 0.281 e. The first-order valence-corrected chi connectivity index (χ1v) is 7.15. The lowest BCUT2D eigenvalue weighted by Crippen LogP contribution is -2.17. The number of benzene rings is 2. The summed E-state index contributed by atoms with van der Waals surface area (Å²) in [6, 6.07) is 11.5. The van der Waals surface area contributed by atoms with Crippen LogP contribution in [-0.2, 0) is 0 Å². The molecule has 22 heavy (non-hydrogen) atoms. The topological polar surface area (TPSA) is 47.2 Å². The molecule has 0 aliphatic carbocycles. The fourth-order valence-electron chi connectivity index (χ4n) is 2.66. The van der Waals surface area contributed by atoms with Gasteiger partial charge in [-0.25, -0.2) is 4.98 Å². The minimum absolute atomic E-state index is 0.163. The third-order valence-corrected chi connectivity index (χ3v) is 3.70. The van der Waals surface area contributed by atoms with Gasteiger partial charge < -0.3 is 0 Å². The molecule has 0 aliphatic heterocycles. The van der Waals surface area contributed by atoms with Crippen molar-refractivity contribution in [2.45, 2.75) is 20.8 Å². The average molecular weight is 291 g/mol. The van der Waals surface area contributed by atoms with Crippen LogP contribution in [0.25, 0.3) is 10.9 Å². The van der Waals surface area contributed by atoms with Gasteiger partial charge in [-0.2, -0.15) is 9.78 Å². The third-order valence-electron chi connectivity index (χ3n) is 3.70. The Morgan fingerprint density at radius 2 is 1.77 bits per heavy atom. The van der Waals surface area contributed by atoms with Gasteiger partial charge in [-0.05, 0) is 44.0 Å². The summed E-state index contributed by atoms with van der Waals surface area (Å²) in [4.78, 5) is 16.6. The molecular weight excluding hydrogens is 274 g/mol. The van der Waals surface area contributed by atoms with E-state index >= 15 is 0 Å². The van der Waals surface area contributed by atoms with Crippen LogP contribution in [0.4, 0.5) is 0 Å². The Balaban J connectivity index is 2.07. The second kappa shape index (κ2) is 5.56. The quantitative estimate of drug-likeness (QED) is 0.681. The molecule has 1 aromatic heterocycles. The lowest BCUT2D eigenvalue weighted by molar-refractivity contribution is 0.817. The van der Waals surface area contributed by atoms with Crippen molar-refractivity contribution < 1.29 is 0 Å². The van der Waals surface area contributed by atoms with E-state index in [0.29, 0.717) is 10.9 Å². The van der Waals surface area contributed by atoms with Crippen LogP contribution in [0.1, 0.15) is 22.3 Å². The molecule has 0 amide bonds. The molecule has 0 spiro atoms. The van der Waals surface area contributed by atoms with Crippen LogP contribution in [0.3, 0.4) is 0 Å². The number of rotatable bonds is 2. The van der Waals surface area contributed by atoms with Crippen LogP contribution in [0, 0.1) is 20.8 Å². The fraction of sp³-hybridized carbons (Fsp3) is 0.167. The zero-order valence-corrected chi connectivity index (χ0v) is 12.9. The van der Waals surface area contributed by atoms with Gasteiger partial charge in [0, 0.05) is 5.56 Å². The highest BCUT2D eigenvalue weighted by molar-refractivity contribution is 5.84. The van der Waals surface area contributed by atoms with Crippen molar-refractivity contribution in [1.29, 1.82) is 0 Å². The van der Waals surface area contributed by atoms with Gasteiger partial charge in [0.05, 0.1) is 17.1 Å². The van der Waals surface area contributed by atoms with Crippen molar-refractivity contribution in [2.75, 3.05) is 0 Å². The van der Waals surface area contributed by atoms with E-state index < -0.39 is 0 Å². The van der Waals surface area contributed by atoms with E-state index in [1.165, 1.54) is 16.6 Å². The summed E-state index contributed by atoms with van der Waals surface area (Å²) in [6.45, 7) is 6.16. The molecule has 0 radical (unpaired) electrons. The number of para-hydroxylation sites is 1. The Kier molecular flexibility index (Phi) is 3.59. The van der Waals surface area contributed by atoms with Crippen LogP contribution in [0.5, 0.6) is 0 Å². The van der Waals surface area contributed by atoms with Crippen LogP contribution in [0.2, 0.25) is 0 Å². The Morgan fingerprint density at radius 3 is 2.50 bits per heavy atom. The van der Waals surface area contributed by atoms with Crippen LogP contribution < -0.4 is 5.56 Å². The Morgan fingerprint density at radius 1 is 1.09 bits per heavy atom. The zero-order chi connectivity index (χ0) is 15.7. The second-order valence-electron chi connectivity index (χ2n) is 5.47. The Bertz CT molecular complexity index is 915. The average Bonchev–Trinajstić information content (AvgIpc) is 2.48. The highest BCUT2D eigenvalue weighted by atomic mass is 16.1. The normalized spacial score (nSPS) is 11.4. The van der Waals surface area contributed by atoms with Gasteiger partial charge in [-0.1, -0.05) is 29.8 Å². The number of hydrogen-bond acceptors (Lipinski definition) is 3. The van der Waals surface area contributed by atoms with Crippen molar-refractivity contribution in [3.05, 3.63) is 75.3 Å². The number of hydrogen-bond donors (Lipinski definition) is 0. The number of aromatic nitrogens is 2. The van der Waals surface area contributed by atoms with Crippen LogP contribution >= 0.6 is 0 Å². The van der Waals surface area contributed by atoms with Gasteiger partial charge in [0.2, 0.25) is 0 Å². The first-order chi connectivity index (χ1) is 10.6. The van der Waals surface area contributed by atoms with E-state index in [0.717, 1.165) is 16.7 Å². The maximum Gasteiger partial charge on any atom is 0.281 e. The molecule has 0 N–H and O–H groups in total. The molecule has 4 heteroatoms. The first-order valence-electron chi connectivity index (χ1n) is 7.15. The minimum atomic E-state index is -0.163. The summed E-state index contributed by atoms with van der Waals surface area (Å²) in [7, 11) is 0. The molecule has 3 aromatic rings. The van der Waals surface area contributed by atoms with E-state index in [1.807, 2.05) is 32.0 Å².